The first-order chi connectivity index (χ1) is 10.8. The van der Waals surface area contributed by atoms with Crippen molar-refractivity contribution >= 4 is 5.91 Å². The summed E-state index contributed by atoms with van der Waals surface area (Å²) in [4.78, 5) is 22.6. The van der Waals surface area contributed by atoms with E-state index in [9.17, 15) is 4.79 Å². The zero-order valence-corrected chi connectivity index (χ0v) is 12.6. The van der Waals surface area contributed by atoms with Crippen molar-refractivity contribution in [2.75, 3.05) is 19.8 Å². The van der Waals surface area contributed by atoms with Crippen molar-refractivity contribution in [2.45, 2.75) is 43.9 Å². The van der Waals surface area contributed by atoms with Crippen molar-refractivity contribution in [3.63, 3.8) is 0 Å². The Morgan fingerprint density at radius 2 is 2.27 bits per heavy atom. The number of aromatic nitrogens is 2. The minimum Gasteiger partial charge on any atom is -0.374 e. The Morgan fingerprint density at radius 1 is 1.36 bits per heavy atom. The Labute approximate surface area is 129 Å². The van der Waals surface area contributed by atoms with Gasteiger partial charge in [0, 0.05) is 19.3 Å². The van der Waals surface area contributed by atoms with Crippen LogP contribution in [0.3, 0.4) is 0 Å². The third-order valence-electron chi connectivity index (χ3n) is 4.84. The molecule has 2 saturated carbocycles. The van der Waals surface area contributed by atoms with Crippen LogP contribution in [0.1, 0.15) is 36.2 Å². The molecule has 2 aliphatic carbocycles. The normalized spacial score (nSPS) is 31.1. The van der Waals surface area contributed by atoms with Crippen molar-refractivity contribution < 1.29 is 14.3 Å². The average molecular weight is 303 g/mol. The molecule has 1 saturated heterocycles. The molecule has 118 valence electrons. The lowest BCUT2D eigenvalue weighted by Crippen LogP contribution is -2.46. The Hall–Kier alpha value is -1.53. The molecule has 22 heavy (non-hydrogen) atoms. The topological polar surface area (TPSA) is 64.6 Å². The van der Waals surface area contributed by atoms with Gasteiger partial charge >= 0.3 is 0 Å². The summed E-state index contributed by atoms with van der Waals surface area (Å²) in [5, 5.41) is 0. The summed E-state index contributed by atoms with van der Waals surface area (Å²) in [6, 6.07) is 1.77. The number of carbonyl (C=O) groups is 1. The molecule has 1 aromatic rings. The maximum atomic E-state index is 12.8. The number of rotatable bonds is 4. The fourth-order valence-corrected chi connectivity index (χ4v) is 3.46. The Morgan fingerprint density at radius 3 is 3.05 bits per heavy atom. The number of hydrogen-bond donors (Lipinski definition) is 0. The van der Waals surface area contributed by atoms with Crippen LogP contribution in [0.25, 0.3) is 0 Å². The predicted molar refractivity (Wildman–Crippen MR) is 78.3 cm³/mol. The summed E-state index contributed by atoms with van der Waals surface area (Å²) >= 11 is 0. The van der Waals surface area contributed by atoms with Gasteiger partial charge in [0.05, 0.1) is 18.8 Å². The van der Waals surface area contributed by atoms with Gasteiger partial charge < -0.3 is 14.4 Å². The van der Waals surface area contributed by atoms with E-state index in [0.29, 0.717) is 24.8 Å². The molecule has 3 fully saturated rings. The van der Waals surface area contributed by atoms with E-state index in [2.05, 4.69) is 9.97 Å². The number of nitrogens with zero attached hydrogens (tertiary/aromatic N) is 3. The average Bonchev–Trinajstić information content (AvgIpc) is 3.30. The number of fused-ring (bicyclic) bond motifs is 2. The summed E-state index contributed by atoms with van der Waals surface area (Å²) in [7, 11) is 0. The van der Waals surface area contributed by atoms with Crippen molar-refractivity contribution in [3.8, 4) is 0 Å². The molecule has 0 aromatic carbocycles. The van der Waals surface area contributed by atoms with Gasteiger partial charge in [-0.05, 0) is 37.7 Å². The molecule has 2 bridgehead atoms. The van der Waals surface area contributed by atoms with E-state index < -0.39 is 0 Å². The molecule has 6 heteroatoms. The molecule has 0 unspecified atom stereocenters. The van der Waals surface area contributed by atoms with Gasteiger partial charge in [-0.1, -0.05) is 0 Å². The van der Waals surface area contributed by atoms with Gasteiger partial charge in [-0.25, -0.2) is 9.97 Å². The largest absolute Gasteiger partial charge is 0.374 e. The smallest absolute Gasteiger partial charge is 0.272 e. The third kappa shape index (κ3) is 2.73. The molecule has 1 amide bonds. The first-order valence-corrected chi connectivity index (χ1v) is 8.13. The lowest BCUT2D eigenvalue weighted by molar-refractivity contribution is -0.0557. The van der Waals surface area contributed by atoms with E-state index in [1.165, 1.54) is 19.2 Å². The lowest BCUT2D eigenvalue weighted by Gasteiger charge is -2.31. The van der Waals surface area contributed by atoms with Crippen LogP contribution in [0.5, 0.6) is 0 Å². The van der Waals surface area contributed by atoms with E-state index in [1.54, 1.807) is 12.3 Å². The Kier molecular flexibility index (Phi) is 3.80. The predicted octanol–water partition coefficient (Wildman–Crippen LogP) is 1.28. The summed E-state index contributed by atoms with van der Waals surface area (Å²) in [6.45, 7) is 1.98. The van der Waals surface area contributed by atoms with Gasteiger partial charge in [0.2, 0.25) is 0 Å². The standard InChI is InChI=1S/C16H21N3O3/c20-16(12-5-6-17-10-18-12)19-7-8-21-14-4-3-13(19)15(14)22-9-11-1-2-11/h5-6,10-11,13-15H,1-4,7-9H2/t13-,14-,15-/m0/s1. The lowest BCUT2D eigenvalue weighted by atomic mass is 10.1. The number of carbonyl (C=O) groups excluding carboxylic acids is 1. The molecule has 0 spiro atoms. The van der Waals surface area contributed by atoms with Crippen LogP contribution in [0.2, 0.25) is 0 Å². The summed E-state index contributed by atoms with van der Waals surface area (Å²) in [5.74, 6) is 0.673. The van der Waals surface area contributed by atoms with E-state index in [0.717, 1.165) is 19.4 Å². The Balaban J connectivity index is 1.52. The molecule has 1 aliphatic heterocycles. The third-order valence-corrected chi connectivity index (χ3v) is 4.84. The van der Waals surface area contributed by atoms with Crippen LogP contribution in [-0.2, 0) is 9.47 Å². The highest BCUT2D eigenvalue weighted by Gasteiger charge is 2.45. The quantitative estimate of drug-likeness (QED) is 0.838. The molecule has 2 heterocycles. The zero-order chi connectivity index (χ0) is 14.9. The molecule has 3 aliphatic rings. The first kappa shape index (κ1) is 14.1. The highest BCUT2D eigenvalue weighted by molar-refractivity contribution is 5.92. The molecule has 0 radical (unpaired) electrons. The van der Waals surface area contributed by atoms with Crippen LogP contribution in [-0.4, -0.2) is 58.8 Å². The van der Waals surface area contributed by atoms with Gasteiger partial charge in [-0.2, -0.15) is 0 Å². The number of amides is 1. The van der Waals surface area contributed by atoms with Gasteiger partial charge in [-0.15, -0.1) is 0 Å². The van der Waals surface area contributed by atoms with Crippen molar-refractivity contribution in [3.05, 3.63) is 24.3 Å². The minimum absolute atomic E-state index is 0.00823. The summed E-state index contributed by atoms with van der Waals surface area (Å²) in [6.07, 6.45) is 7.61. The zero-order valence-electron chi connectivity index (χ0n) is 12.6. The second-order valence-electron chi connectivity index (χ2n) is 6.39. The molecule has 1 aromatic heterocycles. The van der Waals surface area contributed by atoms with Crippen LogP contribution in [0, 0.1) is 5.92 Å². The molecular weight excluding hydrogens is 282 g/mol. The SMILES string of the molecule is O=C(c1ccncn1)N1CCO[C@H]2CC[C@H]1[C@@H]2OCC1CC1. The fourth-order valence-electron chi connectivity index (χ4n) is 3.46. The van der Waals surface area contributed by atoms with Gasteiger partial charge in [0.1, 0.15) is 18.1 Å². The molecule has 4 rings (SSSR count). The highest BCUT2D eigenvalue weighted by atomic mass is 16.5. The second-order valence-corrected chi connectivity index (χ2v) is 6.39. The number of hydrogen-bond acceptors (Lipinski definition) is 5. The van der Waals surface area contributed by atoms with Crippen molar-refractivity contribution in [1.82, 2.24) is 14.9 Å². The first-order valence-electron chi connectivity index (χ1n) is 8.13. The van der Waals surface area contributed by atoms with Gasteiger partial charge in [0.25, 0.3) is 5.91 Å². The van der Waals surface area contributed by atoms with Gasteiger partial charge in [-0.3, -0.25) is 4.79 Å². The number of ether oxygens (including phenoxy) is 2. The summed E-state index contributed by atoms with van der Waals surface area (Å²) in [5.41, 5.74) is 0.446. The fraction of sp³-hybridized carbons (Fsp3) is 0.688. The Bertz CT molecular complexity index is 535. The van der Waals surface area contributed by atoms with Gasteiger partial charge in [0.15, 0.2) is 0 Å². The van der Waals surface area contributed by atoms with Crippen LogP contribution in [0.15, 0.2) is 18.6 Å². The molecule has 0 N–H and O–H groups in total. The van der Waals surface area contributed by atoms with E-state index in [4.69, 9.17) is 9.47 Å². The van der Waals surface area contributed by atoms with Crippen LogP contribution in [0.4, 0.5) is 0 Å². The highest BCUT2D eigenvalue weighted by Crippen LogP contribution is 2.35. The molecule has 6 nitrogen and oxygen atoms in total. The van der Waals surface area contributed by atoms with Crippen LogP contribution < -0.4 is 0 Å². The maximum absolute atomic E-state index is 12.8. The summed E-state index contributed by atoms with van der Waals surface area (Å²) < 4.78 is 12.1. The maximum Gasteiger partial charge on any atom is 0.272 e. The van der Waals surface area contributed by atoms with E-state index >= 15 is 0 Å². The second kappa shape index (κ2) is 5.93. The monoisotopic (exact) mass is 303 g/mol. The molecular formula is C16H21N3O3. The minimum atomic E-state index is -0.0430. The van der Waals surface area contributed by atoms with E-state index in [1.807, 2.05) is 4.90 Å². The molecule has 3 atom stereocenters. The van der Waals surface area contributed by atoms with Crippen molar-refractivity contribution in [1.29, 1.82) is 0 Å². The van der Waals surface area contributed by atoms with E-state index in [-0.39, 0.29) is 24.2 Å². The van der Waals surface area contributed by atoms with Crippen molar-refractivity contribution in [2.24, 2.45) is 5.92 Å². The van der Waals surface area contributed by atoms with Crippen LogP contribution >= 0.6 is 0 Å².